The Kier molecular flexibility index (Phi) is 5.66. The maximum atomic E-state index is 10.4. The van der Waals surface area contributed by atoms with Crippen molar-refractivity contribution < 1.29 is 19.7 Å². The average molecular weight is 238 g/mol. The quantitative estimate of drug-likeness (QED) is 0.758. The van der Waals surface area contributed by atoms with E-state index in [-0.39, 0.29) is 12.3 Å². The van der Waals surface area contributed by atoms with Crippen molar-refractivity contribution in [3.05, 3.63) is 35.9 Å². The molecule has 1 aromatic rings. The first kappa shape index (κ1) is 13.7. The van der Waals surface area contributed by atoms with Crippen LogP contribution in [-0.4, -0.2) is 28.9 Å². The van der Waals surface area contributed by atoms with Crippen LogP contribution in [0.15, 0.2) is 30.3 Å². The van der Waals surface area contributed by atoms with Crippen LogP contribution in [0.1, 0.15) is 18.9 Å². The molecule has 0 radical (unpaired) electrons. The maximum Gasteiger partial charge on any atom is 0.305 e. The first-order valence-corrected chi connectivity index (χ1v) is 5.61. The number of aliphatic hydroxyl groups excluding tert-OH is 1. The summed E-state index contributed by atoms with van der Waals surface area (Å²) in [6.45, 7) is 2.60. The van der Waals surface area contributed by atoms with Gasteiger partial charge in [-0.3, -0.25) is 4.79 Å². The fraction of sp³-hybridized carbons (Fsp3) is 0.462. The normalized spacial score (nSPS) is 14.2. The molecule has 2 atom stereocenters. The molecule has 0 amide bonds. The standard InChI is InChI=1S/C13H18O4/c1-10(12(14)7-13(15)16)8-17-9-11-5-3-2-4-6-11/h2-6,10,12,14H,7-9H2,1H3,(H,15,16)/t10-,12+/m0/s1. The highest BCUT2D eigenvalue weighted by Gasteiger charge is 2.17. The molecule has 0 heterocycles. The number of rotatable bonds is 7. The number of carboxylic acids is 1. The SMILES string of the molecule is C[C@@H](COCc1ccccc1)[C@H](O)CC(=O)O. The zero-order valence-corrected chi connectivity index (χ0v) is 9.87. The van der Waals surface area contributed by atoms with E-state index in [1.54, 1.807) is 6.92 Å². The molecule has 0 aliphatic heterocycles. The van der Waals surface area contributed by atoms with E-state index in [1.807, 2.05) is 30.3 Å². The van der Waals surface area contributed by atoms with Gasteiger partial charge in [-0.25, -0.2) is 0 Å². The molecule has 2 N–H and O–H groups in total. The van der Waals surface area contributed by atoms with E-state index in [9.17, 15) is 9.90 Å². The Morgan fingerprint density at radius 1 is 1.35 bits per heavy atom. The molecular formula is C13H18O4. The summed E-state index contributed by atoms with van der Waals surface area (Å²) in [6, 6.07) is 9.71. The van der Waals surface area contributed by atoms with Gasteiger partial charge in [0.05, 0.1) is 25.7 Å². The molecular weight excluding hydrogens is 220 g/mol. The molecule has 1 aromatic carbocycles. The number of benzene rings is 1. The lowest BCUT2D eigenvalue weighted by Gasteiger charge is -2.17. The van der Waals surface area contributed by atoms with Crippen LogP contribution >= 0.6 is 0 Å². The van der Waals surface area contributed by atoms with Crippen molar-refractivity contribution in [3.8, 4) is 0 Å². The van der Waals surface area contributed by atoms with Crippen molar-refractivity contribution in [1.29, 1.82) is 0 Å². The average Bonchev–Trinajstić information content (AvgIpc) is 2.29. The molecule has 0 fully saturated rings. The van der Waals surface area contributed by atoms with Crippen LogP contribution in [0.3, 0.4) is 0 Å². The Morgan fingerprint density at radius 2 is 2.00 bits per heavy atom. The van der Waals surface area contributed by atoms with E-state index in [1.165, 1.54) is 0 Å². The van der Waals surface area contributed by atoms with Gasteiger partial charge >= 0.3 is 5.97 Å². The summed E-state index contributed by atoms with van der Waals surface area (Å²) in [4.78, 5) is 10.4. The molecule has 4 heteroatoms. The molecule has 0 saturated heterocycles. The predicted molar refractivity (Wildman–Crippen MR) is 63.5 cm³/mol. The van der Waals surface area contributed by atoms with Crippen LogP contribution in [0.25, 0.3) is 0 Å². The summed E-state index contributed by atoms with van der Waals surface area (Å²) in [5.41, 5.74) is 1.06. The summed E-state index contributed by atoms with van der Waals surface area (Å²) in [5.74, 6) is -1.18. The third-order valence-electron chi connectivity index (χ3n) is 2.53. The molecule has 0 saturated carbocycles. The number of aliphatic carboxylic acids is 1. The van der Waals surface area contributed by atoms with E-state index in [2.05, 4.69) is 0 Å². The van der Waals surface area contributed by atoms with Gasteiger partial charge in [-0.15, -0.1) is 0 Å². The Labute approximate surface area is 101 Å². The monoisotopic (exact) mass is 238 g/mol. The minimum absolute atomic E-state index is 0.185. The lowest BCUT2D eigenvalue weighted by atomic mass is 10.0. The zero-order chi connectivity index (χ0) is 12.7. The van der Waals surface area contributed by atoms with Crippen LogP contribution in [0.2, 0.25) is 0 Å². The fourth-order valence-corrected chi connectivity index (χ4v) is 1.43. The van der Waals surface area contributed by atoms with Gasteiger partial charge < -0.3 is 14.9 Å². The molecule has 4 nitrogen and oxygen atoms in total. The number of carboxylic acid groups (broad SMARTS) is 1. The number of aliphatic hydroxyl groups is 1. The Balaban J connectivity index is 2.24. The minimum atomic E-state index is -0.993. The summed E-state index contributed by atoms with van der Waals surface area (Å²) in [7, 11) is 0. The lowest BCUT2D eigenvalue weighted by Crippen LogP contribution is -2.25. The van der Waals surface area contributed by atoms with Gasteiger partial charge in [0.2, 0.25) is 0 Å². The molecule has 0 aliphatic rings. The molecule has 0 aliphatic carbocycles. The summed E-state index contributed by atoms with van der Waals surface area (Å²) < 4.78 is 5.43. The largest absolute Gasteiger partial charge is 0.481 e. The smallest absolute Gasteiger partial charge is 0.305 e. The summed E-state index contributed by atoms with van der Waals surface area (Å²) in [5, 5.41) is 18.1. The van der Waals surface area contributed by atoms with Crippen molar-refractivity contribution in [2.24, 2.45) is 5.92 Å². The molecule has 0 unspecified atom stereocenters. The second kappa shape index (κ2) is 7.04. The van der Waals surface area contributed by atoms with Crippen LogP contribution in [0.5, 0.6) is 0 Å². The van der Waals surface area contributed by atoms with Crippen LogP contribution in [0, 0.1) is 5.92 Å². The number of ether oxygens (including phenoxy) is 1. The van der Waals surface area contributed by atoms with E-state index in [4.69, 9.17) is 9.84 Å². The highest BCUT2D eigenvalue weighted by molar-refractivity contribution is 5.67. The maximum absolute atomic E-state index is 10.4. The van der Waals surface area contributed by atoms with E-state index in [0.29, 0.717) is 13.2 Å². The van der Waals surface area contributed by atoms with Gasteiger partial charge in [0, 0.05) is 5.92 Å². The summed E-state index contributed by atoms with van der Waals surface area (Å²) >= 11 is 0. The zero-order valence-electron chi connectivity index (χ0n) is 9.87. The molecule has 0 bridgehead atoms. The summed E-state index contributed by atoms with van der Waals surface area (Å²) in [6.07, 6.45) is -1.10. The highest BCUT2D eigenvalue weighted by atomic mass is 16.5. The Morgan fingerprint density at radius 3 is 2.59 bits per heavy atom. The number of hydrogen-bond donors (Lipinski definition) is 2. The first-order valence-electron chi connectivity index (χ1n) is 5.61. The molecule has 0 aromatic heterocycles. The van der Waals surface area contributed by atoms with Crippen molar-refractivity contribution in [3.63, 3.8) is 0 Å². The van der Waals surface area contributed by atoms with Gasteiger partial charge in [0.1, 0.15) is 0 Å². The fourth-order valence-electron chi connectivity index (χ4n) is 1.43. The van der Waals surface area contributed by atoms with Crippen LogP contribution in [-0.2, 0) is 16.1 Å². The van der Waals surface area contributed by atoms with Crippen LogP contribution in [0.4, 0.5) is 0 Å². The van der Waals surface area contributed by atoms with Gasteiger partial charge in [0.15, 0.2) is 0 Å². The molecule has 17 heavy (non-hydrogen) atoms. The van der Waals surface area contributed by atoms with Crippen molar-refractivity contribution >= 4 is 5.97 Å². The van der Waals surface area contributed by atoms with Crippen molar-refractivity contribution in [1.82, 2.24) is 0 Å². The number of carbonyl (C=O) groups is 1. The van der Waals surface area contributed by atoms with Gasteiger partial charge in [0.25, 0.3) is 0 Å². The Hall–Kier alpha value is -1.39. The Bertz CT molecular complexity index is 337. The van der Waals surface area contributed by atoms with Gasteiger partial charge in [-0.2, -0.15) is 0 Å². The van der Waals surface area contributed by atoms with E-state index < -0.39 is 12.1 Å². The first-order chi connectivity index (χ1) is 8.09. The second-order valence-electron chi connectivity index (χ2n) is 4.14. The minimum Gasteiger partial charge on any atom is -0.481 e. The van der Waals surface area contributed by atoms with Gasteiger partial charge in [-0.1, -0.05) is 37.3 Å². The molecule has 94 valence electrons. The predicted octanol–water partition coefficient (Wildman–Crippen LogP) is 1.67. The van der Waals surface area contributed by atoms with E-state index in [0.717, 1.165) is 5.56 Å². The lowest BCUT2D eigenvalue weighted by molar-refractivity contribution is -0.140. The highest BCUT2D eigenvalue weighted by Crippen LogP contribution is 2.09. The third-order valence-corrected chi connectivity index (χ3v) is 2.53. The van der Waals surface area contributed by atoms with E-state index >= 15 is 0 Å². The molecule has 1 rings (SSSR count). The topological polar surface area (TPSA) is 66.8 Å². The van der Waals surface area contributed by atoms with Crippen LogP contribution < -0.4 is 0 Å². The second-order valence-corrected chi connectivity index (χ2v) is 4.14. The third kappa shape index (κ3) is 5.47. The number of hydrogen-bond acceptors (Lipinski definition) is 3. The van der Waals surface area contributed by atoms with Gasteiger partial charge in [-0.05, 0) is 5.56 Å². The van der Waals surface area contributed by atoms with Crippen molar-refractivity contribution in [2.75, 3.05) is 6.61 Å². The van der Waals surface area contributed by atoms with Crippen molar-refractivity contribution in [2.45, 2.75) is 26.1 Å². The molecule has 0 spiro atoms.